The monoisotopic (exact) mass is 440 g/mol. The van der Waals surface area contributed by atoms with E-state index >= 15 is 0 Å². The molecule has 3 aromatic rings. The van der Waals surface area contributed by atoms with Gasteiger partial charge in [0.05, 0.1) is 18.0 Å². The lowest BCUT2D eigenvalue weighted by Crippen LogP contribution is -2.09. The molecule has 3 rings (SSSR count). The molecule has 0 spiro atoms. The number of benzene rings is 1. The maximum atomic E-state index is 13.6. The van der Waals surface area contributed by atoms with Crippen LogP contribution in [0.15, 0.2) is 47.7 Å². The first-order valence-electron chi connectivity index (χ1n) is 8.60. The predicted octanol–water partition coefficient (Wildman–Crippen LogP) is 5.94. The van der Waals surface area contributed by atoms with Crippen LogP contribution < -0.4 is 5.32 Å². The number of aliphatic imine (C=N–C) groups is 1. The molecular weight excluding hydrogens is 426 g/mol. The Morgan fingerprint density at radius 1 is 1.00 bits per heavy atom. The molecule has 2 aromatic heterocycles. The summed E-state index contributed by atoms with van der Waals surface area (Å²) in [7, 11) is 0. The van der Waals surface area contributed by atoms with Crippen molar-refractivity contribution in [3.05, 3.63) is 54.0 Å². The normalized spacial score (nSPS) is 12.4. The van der Waals surface area contributed by atoms with Crippen molar-refractivity contribution < 1.29 is 26.3 Å². The largest absolute Gasteiger partial charge is 0.435 e. The molecule has 0 aliphatic rings. The van der Waals surface area contributed by atoms with Gasteiger partial charge in [-0.15, -0.1) is 0 Å². The first kappa shape index (κ1) is 22.0. The fourth-order valence-electron chi connectivity index (χ4n) is 2.70. The van der Waals surface area contributed by atoms with Gasteiger partial charge in [-0.05, 0) is 37.9 Å². The summed E-state index contributed by atoms with van der Waals surface area (Å²) in [5, 5.41) is 2.72. The Bertz CT molecular complexity index is 1110. The van der Waals surface area contributed by atoms with Gasteiger partial charge in [0.1, 0.15) is 17.2 Å². The lowest BCUT2D eigenvalue weighted by molar-refractivity contribution is -0.140. The number of hydrogen-bond donors (Lipinski definition) is 1. The van der Waals surface area contributed by atoms with Gasteiger partial charge >= 0.3 is 12.4 Å². The maximum Gasteiger partial charge on any atom is 0.435 e. The van der Waals surface area contributed by atoms with Crippen LogP contribution >= 0.6 is 0 Å². The van der Waals surface area contributed by atoms with Gasteiger partial charge in [0.25, 0.3) is 0 Å². The summed E-state index contributed by atoms with van der Waals surface area (Å²) in [5.74, 6) is -0.268. The SMILES string of the molecule is C=Nc1nc(C(F)(F)F)c(-c2cncc(Nc3ccc(C(F)(F)F)cc3)n2)n1/C=C\C. The average molecular weight is 440 g/mol. The Hall–Kier alpha value is -3.70. The van der Waals surface area contributed by atoms with Crippen LogP contribution in [0.4, 0.5) is 43.8 Å². The number of nitrogens with one attached hydrogen (secondary N) is 1. The predicted molar refractivity (Wildman–Crippen MR) is 103 cm³/mol. The van der Waals surface area contributed by atoms with Crippen LogP contribution in [0.3, 0.4) is 0 Å². The van der Waals surface area contributed by atoms with E-state index in [9.17, 15) is 26.3 Å². The van der Waals surface area contributed by atoms with Crippen molar-refractivity contribution in [1.82, 2.24) is 19.5 Å². The van der Waals surface area contributed by atoms with Gasteiger partial charge in [0.15, 0.2) is 5.69 Å². The van der Waals surface area contributed by atoms with E-state index in [4.69, 9.17) is 0 Å². The summed E-state index contributed by atoms with van der Waals surface area (Å²) < 4.78 is 79.9. The van der Waals surface area contributed by atoms with Gasteiger partial charge in [-0.25, -0.2) is 15.0 Å². The van der Waals surface area contributed by atoms with Crippen molar-refractivity contribution in [2.24, 2.45) is 4.99 Å². The van der Waals surface area contributed by atoms with Crippen LogP contribution in [0.2, 0.25) is 0 Å². The van der Waals surface area contributed by atoms with Crippen LogP contribution in [0.25, 0.3) is 17.6 Å². The molecular formula is C19H14F6N6. The van der Waals surface area contributed by atoms with Gasteiger partial charge in [-0.3, -0.25) is 9.55 Å². The van der Waals surface area contributed by atoms with E-state index in [-0.39, 0.29) is 23.1 Å². The summed E-state index contributed by atoms with van der Waals surface area (Å²) in [6.45, 7) is 4.83. The Morgan fingerprint density at radius 3 is 2.23 bits per heavy atom. The number of allylic oxidation sites excluding steroid dienone is 1. The minimum absolute atomic E-state index is 0.0201. The summed E-state index contributed by atoms with van der Waals surface area (Å²) in [5.41, 5.74) is -2.41. The topological polar surface area (TPSA) is 68.0 Å². The Balaban J connectivity index is 2.04. The van der Waals surface area contributed by atoms with Crippen molar-refractivity contribution in [2.75, 3.05) is 5.32 Å². The molecule has 12 heteroatoms. The molecule has 0 fully saturated rings. The maximum absolute atomic E-state index is 13.6. The van der Waals surface area contributed by atoms with Crippen molar-refractivity contribution in [3.8, 4) is 11.4 Å². The number of imidazole rings is 1. The number of aromatic nitrogens is 4. The molecule has 6 nitrogen and oxygen atoms in total. The van der Waals surface area contributed by atoms with Gasteiger partial charge < -0.3 is 5.32 Å². The Morgan fingerprint density at radius 2 is 1.68 bits per heavy atom. The molecule has 1 N–H and O–H groups in total. The average Bonchev–Trinajstić information content (AvgIpc) is 3.07. The van der Waals surface area contributed by atoms with E-state index < -0.39 is 29.3 Å². The highest BCUT2D eigenvalue weighted by Gasteiger charge is 2.40. The standard InChI is InChI=1S/C19H14F6N6/c1-3-8-31-15(16(19(23,24)25)30-17(31)26-2)13-9-27-10-14(29-13)28-12-6-4-11(5-7-12)18(20,21)22/h3-10H,2H2,1H3,(H,28,29)/b8-3-. The molecule has 162 valence electrons. The molecule has 0 aliphatic heterocycles. The molecule has 0 atom stereocenters. The van der Waals surface area contributed by atoms with Crippen LogP contribution in [-0.4, -0.2) is 26.2 Å². The third-order valence-corrected chi connectivity index (χ3v) is 3.96. The van der Waals surface area contributed by atoms with E-state index in [0.717, 1.165) is 22.9 Å². The molecule has 0 amide bonds. The molecule has 0 aliphatic carbocycles. The van der Waals surface area contributed by atoms with E-state index in [0.29, 0.717) is 0 Å². The zero-order valence-electron chi connectivity index (χ0n) is 15.8. The molecule has 0 bridgehead atoms. The number of hydrogen-bond acceptors (Lipinski definition) is 5. The summed E-state index contributed by atoms with van der Waals surface area (Å²) in [4.78, 5) is 15.0. The van der Waals surface area contributed by atoms with E-state index in [1.165, 1.54) is 30.6 Å². The second-order valence-electron chi connectivity index (χ2n) is 6.11. The van der Waals surface area contributed by atoms with E-state index in [1.54, 1.807) is 6.92 Å². The lowest BCUT2D eigenvalue weighted by atomic mass is 10.2. The minimum atomic E-state index is -4.81. The third-order valence-electron chi connectivity index (χ3n) is 3.96. The zero-order valence-corrected chi connectivity index (χ0v) is 15.8. The van der Waals surface area contributed by atoms with Crippen LogP contribution in [0, 0.1) is 0 Å². The van der Waals surface area contributed by atoms with Crippen molar-refractivity contribution in [2.45, 2.75) is 19.3 Å². The van der Waals surface area contributed by atoms with Crippen LogP contribution in [0.5, 0.6) is 0 Å². The quantitative estimate of drug-likeness (QED) is 0.394. The first-order chi connectivity index (χ1) is 14.5. The molecule has 31 heavy (non-hydrogen) atoms. The van der Waals surface area contributed by atoms with Crippen molar-refractivity contribution >= 4 is 30.4 Å². The summed E-state index contributed by atoms with van der Waals surface area (Å²) in [6, 6.07) is 4.07. The van der Waals surface area contributed by atoms with Crippen molar-refractivity contribution in [3.63, 3.8) is 0 Å². The number of halogens is 6. The number of anilines is 2. The summed E-state index contributed by atoms with van der Waals surface area (Å²) in [6.07, 6.45) is -4.17. The third kappa shape index (κ3) is 4.73. The fourth-order valence-corrected chi connectivity index (χ4v) is 2.70. The van der Waals surface area contributed by atoms with E-state index in [2.05, 4.69) is 32.0 Å². The van der Waals surface area contributed by atoms with Crippen LogP contribution in [-0.2, 0) is 12.4 Å². The molecule has 2 heterocycles. The zero-order chi connectivity index (χ0) is 22.8. The molecule has 1 aromatic carbocycles. The first-order valence-corrected chi connectivity index (χ1v) is 8.60. The smallest absolute Gasteiger partial charge is 0.339 e. The number of rotatable bonds is 5. The van der Waals surface area contributed by atoms with Gasteiger partial charge in [0.2, 0.25) is 5.95 Å². The van der Waals surface area contributed by atoms with E-state index in [1.807, 2.05) is 0 Å². The fraction of sp³-hybridized carbons (Fsp3) is 0.158. The lowest BCUT2D eigenvalue weighted by Gasteiger charge is -2.11. The number of nitrogens with zero attached hydrogens (tertiary/aromatic N) is 5. The summed E-state index contributed by atoms with van der Waals surface area (Å²) >= 11 is 0. The highest BCUT2D eigenvalue weighted by molar-refractivity contribution is 5.68. The van der Waals surface area contributed by atoms with Crippen molar-refractivity contribution in [1.29, 1.82) is 0 Å². The molecule has 0 saturated carbocycles. The van der Waals surface area contributed by atoms with Gasteiger partial charge in [-0.1, -0.05) is 6.08 Å². The second kappa shape index (κ2) is 8.20. The second-order valence-corrected chi connectivity index (χ2v) is 6.11. The highest BCUT2D eigenvalue weighted by atomic mass is 19.4. The minimum Gasteiger partial charge on any atom is -0.339 e. The number of alkyl halides is 6. The Kier molecular flexibility index (Phi) is 5.82. The molecule has 0 radical (unpaired) electrons. The Labute approximate surface area is 172 Å². The highest BCUT2D eigenvalue weighted by Crippen LogP contribution is 2.39. The van der Waals surface area contributed by atoms with Crippen LogP contribution in [0.1, 0.15) is 18.2 Å². The molecule has 0 saturated heterocycles. The van der Waals surface area contributed by atoms with Gasteiger partial charge in [0, 0.05) is 11.9 Å². The van der Waals surface area contributed by atoms with Gasteiger partial charge in [-0.2, -0.15) is 26.3 Å². The molecule has 0 unspecified atom stereocenters.